The molecule has 7 heteroatoms. The van der Waals surface area contributed by atoms with Crippen molar-refractivity contribution in [2.75, 3.05) is 29.1 Å². The van der Waals surface area contributed by atoms with Gasteiger partial charge in [0.1, 0.15) is 6.33 Å². The highest BCUT2D eigenvalue weighted by molar-refractivity contribution is 7.99. The van der Waals surface area contributed by atoms with E-state index < -0.39 is 0 Å². The number of hydrogen-bond acceptors (Lipinski definition) is 5. The molecule has 29 heavy (non-hydrogen) atoms. The molecule has 1 fully saturated rings. The summed E-state index contributed by atoms with van der Waals surface area (Å²) in [5.41, 5.74) is 3.01. The molecule has 6 nitrogen and oxygen atoms in total. The Labute approximate surface area is 175 Å². The Bertz CT molecular complexity index is 933. The van der Waals surface area contributed by atoms with Crippen molar-refractivity contribution in [3.8, 4) is 5.69 Å². The molecule has 3 aromatic rings. The van der Waals surface area contributed by atoms with Gasteiger partial charge in [-0.2, -0.15) is 0 Å². The molecule has 1 aliphatic heterocycles. The minimum absolute atomic E-state index is 0.0582. The molecule has 0 saturated carbocycles. The molecular weight excluding hydrogens is 382 g/mol. The molecule has 4 rings (SSSR count). The molecule has 0 atom stereocenters. The van der Waals surface area contributed by atoms with Gasteiger partial charge < -0.3 is 10.2 Å². The molecule has 0 bridgehead atoms. The van der Waals surface area contributed by atoms with Crippen molar-refractivity contribution < 1.29 is 4.79 Å². The first-order chi connectivity index (χ1) is 14.2. The summed E-state index contributed by atoms with van der Waals surface area (Å²) >= 11 is 1.37. The SMILES string of the molecule is CC1CCN(c2ccc(NC(=O)CSc3nncn3-c3ccccc3)cc2)CC1. The number of thioether (sulfide) groups is 1. The van der Waals surface area contributed by atoms with Crippen LogP contribution in [0.2, 0.25) is 0 Å². The summed E-state index contributed by atoms with van der Waals surface area (Å²) in [5.74, 6) is 1.03. The van der Waals surface area contributed by atoms with Crippen molar-refractivity contribution in [3.63, 3.8) is 0 Å². The number of rotatable bonds is 6. The molecule has 0 spiro atoms. The van der Waals surface area contributed by atoms with E-state index in [0.717, 1.165) is 30.4 Å². The van der Waals surface area contributed by atoms with Crippen LogP contribution in [-0.4, -0.2) is 39.5 Å². The van der Waals surface area contributed by atoms with Crippen molar-refractivity contribution in [1.29, 1.82) is 0 Å². The summed E-state index contributed by atoms with van der Waals surface area (Å²) in [6.07, 6.45) is 4.14. The minimum Gasteiger partial charge on any atom is -0.372 e. The fraction of sp³-hybridized carbons (Fsp3) is 0.318. The molecule has 1 amide bonds. The quantitative estimate of drug-likeness (QED) is 0.620. The van der Waals surface area contributed by atoms with Crippen molar-refractivity contribution in [3.05, 3.63) is 60.9 Å². The van der Waals surface area contributed by atoms with Gasteiger partial charge in [0.25, 0.3) is 0 Å². The van der Waals surface area contributed by atoms with Crippen molar-refractivity contribution >= 4 is 29.0 Å². The van der Waals surface area contributed by atoms with Gasteiger partial charge in [-0.05, 0) is 55.2 Å². The van der Waals surface area contributed by atoms with Crippen LogP contribution in [0.1, 0.15) is 19.8 Å². The highest BCUT2D eigenvalue weighted by Crippen LogP contribution is 2.24. The summed E-state index contributed by atoms with van der Waals surface area (Å²) in [4.78, 5) is 14.8. The second-order valence-corrected chi connectivity index (χ2v) is 8.31. The summed E-state index contributed by atoms with van der Waals surface area (Å²) in [7, 11) is 0. The Kier molecular flexibility index (Phi) is 6.14. The number of carbonyl (C=O) groups excluding carboxylic acids is 1. The number of nitrogens with zero attached hydrogens (tertiary/aromatic N) is 4. The third-order valence-electron chi connectivity index (χ3n) is 5.18. The van der Waals surface area contributed by atoms with Crippen LogP contribution in [0.4, 0.5) is 11.4 Å². The zero-order chi connectivity index (χ0) is 20.1. The van der Waals surface area contributed by atoms with Gasteiger partial charge in [0.15, 0.2) is 5.16 Å². The second kappa shape index (κ2) is 9.13. The normalized spacial score (nSPS) is 14.7. The van der Waals surface area contributed by atoms with E-state index >= 15 is 0 Å². The van der Waals surface area contributed by atoms with Gasteiger partial charge in [0.2, 0.25) is 5.91 Å². The number of piperidine rings is 1. The molecule has 0 aliphatic carbocycles. The third-order valence-corrected chi connectivity index (χ3v) is 6.13. The van der Waals surface area contributed by atoms with Gasteiger partial charge >= 0.3 is 0 Å². The van der Waals surface area contributed by atoms with E-state index in [-0.39, 0.29) is 11.7 Å². The zero-order valence-electron chi connectivity index (χ0n) is 16.5. The van der Waals surface area contributed by atoms with E-state index in [4.69, 9.17) is 0 Å². The lowest BCUT2D eigenvalue weighted by molar-refractivity contribution is -0.113. The molecule has 1 aromatic heterocycles. The average Bonchev–Trinajstić information content (AvgIpc) is 3.23. The Morgan fingerprint density at radius 2 is 1.79 bits per heavy atom. The number of carbonyl (C=O) groups is 1. The van der Waals surface area contributed by atoms with Gasteiger partial charge in [-0.15, -0.1) is 10.2 Å². The molecule has 1 saturated heterocycles. The smallest absolute Gasteiger partial charge is 0.234 e. The average molecular weight is 408 g/mol. The highest BCUT2D eigenvalue weighted by Gasteiger charge is 2.16. The lowest BCUT2D eigenvalue weighted by atomic mass is 9.99. The summed E-state index contributed by atoms with van der Waals surface area (Å²) in [6, 6.07) is 18.0. The number of amides is 1. The monoisotopic (exact) mass is 407 g/mol. The van der Waals surface area contributed by atoms with E-state index in [1.54, 1.807) is 6.33 Å². The molecule has 2 aromatic carbocycles. The van der Waals surface area contributed by atoms with Crippen LogP contribution < -0.4 is 10.2 Å². The van der Waals surface area contributed by atoms with E-state index in [1.165, 1.54) is 30.3 Å². The fourth-order valence-corrected chi connectivity index (χ4v) is 4.17. The third kappa shape index (κ3) is 4.98. The summed E-state index contributed by atoms with van der Waals surface area (Å²) in [6.45, 7) is 4.52. The van der Waals surface area contributed by atoms with Gasteiger partial charge in [-0.25, -0.2) is 0 Å². The number of aromatic nitrogens is 3. The van der Waals surface area contributed by atoms with Gasteiger partial charge in [0, 0.05) is 30.2 Å². The Hall–Kier alpha value is -2.80. The van der Waals surface area contributed by atoms with Gasteiger partial charge in [-0.1, -0.05) is 36.9 Å². The Morgan fingerprint density at radius 1 is 1.07 bits per heavy atom. The van der Waals surface area contributed by atoms with Crippen LogP contribution in [-0.2, 0) is 4.79 Å². The van der Waals surface area contributed by atoms with Crippen LogP contribution in [0.25, 0.3) is 5.69 Å². The largest absolute Gasteiger partial charge is 0.372 e. The highest BCUT2D eigenvalue weighted by atomic mass is 32.2. The van der Waals surface area contributed by atoms with E-state index in [1.807, 2.05) is 47.0 Å². The van der Waals surface area contributed by atoms with Crippen LogP contribution in [0, 0.1) is 5.92 Å². The van der Waals surface area contributed by atoms with Crippen molar-refractivity contribution in [2.24, 2.45) is 5.92 Å². The maximum atomic E-state index is 12.4. The maximum Gasteiger partial charge on any atom is 0.234 e. The van der Waals surface area contributed by atoms with E-state index in [2.05, 4.69) is 39.5 Å². The van der Waals surface area contributed by atoms with Crippen LogP contribution in [0.3, 0.4) is 0 Å². The molecule has 1 aliphatic rings. The van der Waals surface area contributed by atoms with E-state index in [0.29, 0.717) is 5.16 Å². The standard InChI is InChI=1S/C22H25N5OS/c1-17-11-13-26(14-12-17)19-9-7-18(8-10-19)24-21(28)15-29-22-25-23-16-27(22)20-5-3-2-4-6-20/h2-10,16-17H,11-15H2,1H3,(H,24,28). The van der Waals surface area contributed by atoms with Crippen molar-refractivity contribution in [1.82, 2.24) is 14.8 Å². The van der Waals surface area contributed by atoms with E-state index in [9.17, 15) is 4.79 Å². The fourth-order valence-electron chi connectivity index (χ4n) is 3.44. The lowest BCUT2D eigenvalue weighted by Gasteiger charge is -2.32. The molecule has 150 valence electrons. The molecular formula is C22H25N5OS. The lowest BCUT2D eigenvalue weighted by Crippen LogP contribution is -2.32. The van der Waals surface area contributed by atoms with Gasteiger partial charge in [-0.3, -0.25) is 9.36 Å². The summed E-state index contributed by atoms with van der Waals surface area (Å²) < 4.78 is 1.88. The number of hydrogen-bond donors (Lipinski definition) is 1. The molecule has 0 radical (unpaired) electrons. The second-order valence-electron chi connectivity index (χ2n) is 7.37. The Morgan fingerprint density at radius 3 is 2.52 bits per heavy atom. The number of para-hydroxylation sites is 1. The molecule has 2 heterocycles. The first kappa shape index (κ1) is 19.5. The number of nitrogens with one attached hydrogen (secondary N) is 1. The molecule has 1 N–H and O–H groups in total. The topological polar surface area (TPSA) is 63.1 Å². The predicted octanol–water partition coefficient (Wildman–Crippen LogP) is 4.23. The van der Waals surface area contributed by atoms with Crippen LogP contribution >= 0.6 is 11.8 Å². The maximum absolute atomic E-state index is 12.4. The van der Waals surface area contributed by atoms with Gasteiger partial charge in [0.05, 0.1) is 5.75 Å². The first-order valence-corrected chi connectivity index (χ1v) is 10.9. The zero-order valence-corrected chi connectivity index (χ0v) is 17.3. The Balaban J connectivity index is 1.31. The van der Waals surface area contributed by atoms with Crippen LogP contribution in [0.15, 0.2) is 66.1 Å². The predicted molar refractivity (Wildman–Crippen MR) is 118 cm³/mol. The number of benzene rings is 2. The van der Waals surface area contributed by atoms with Crippen LogP contribution in [0.5, 0.6) is 0 Å². The minimum atomic E-state index is -0.0582. The van der Waals surface area contributed by atoms with Crippen molar-refractivity contribution in [2.45, 2.75) is 24.9 Å². The first-order valence-electron chi connectivity index (χ1n) is 9.92. The molecule has 0 unspecified atom stereocenters. The number of anilines is 2. The summed E-state index contributed by atoms with van der Waals surface area (Å²) in [5, 5.41) is 11.8.